The van der Waals surface area contributed by atoms with Crippen molar-refractivity contribution in [2.75, 3.05) is 5.32 Å². The second-order valence-corrected chi connectivity index (χ2v) is 8.06. The molecule has 0 atom stereocenters. The van der Waals surface area contributed by atoms with E-state index in [1.807, 2.05) is 0 Å². The SMILES string of the molecule is NC(=O)c1sc2nc(C(F)F)cc(-c3ccccc3)c2c1NC(=O)Cn1ccc(C(F)(F)F)n1. The highest BCUT2D eigenvalue weighted by atomic mass is 32.1. The largest absolute Gasteiger partial charge is 0.435 e. The number of alkyl halides is 5. The van der Waals surface area contributed by atoms with Crippen LogP contribution in [0.15, 0.2) is 48.7 Å². The maximum absolute atomic E-state index is 13.5. The summed E-state index contributed by atoms with van der Waals surface area (Å²) in [5.41, 5.74) is 4.48. The molecule has 0 fully saturated rings. The Labute approximate surface area is 192 Å². The molecule has 13 heteroatoms. The van der Waals surface area contributed by atoms with E-state index in [2.05, 4.69) is 15.4 Å². The molecular formula is C21H14F5N5O2S. The predicted octanol–water partition coefficient (Wildman–Crippen LogP) is 4.85. The number of hydrogen-bond acceptors (Lipinski definition) is 5. The molecule has 34 heavy (non-hydrogen) atoms. The van der Waals surface area contributed by atoms with Crippen LogP contribution in [0.25, 0.3) is 21.3 Å². The molecule has 0 saturated carbocycles. The summed E-state index contributed by atoms with van der Waals surface area (Å²) in [6.45, 7) is -0.602. The van der Waals surface area contributed by atoms with Crippen LogP contribution in [0.3, 0.4) is 0 Å². The van der Waals surface area contributed by atoms with Gasteiger partial charge in [0.2, 0.25) is 5.91 Å². The molecule has 0 spiro atoms. The van der Waals surface area contributed by atoms with E-state index in [0.717, 1.165) is 28.3 Å². The lowest BCUT2D eigenvalue weighted by Crippen LogP contribution is -2.21. The number of halogens is 5. The van der Waals surface area contributed by atoms with Crippen LogP contribution in [0.4, 0.5) is 27.6 Å². The number of nitrogens with one attached hydrogen (secondary N) is 1. The standard InChI is InChI=1S/C21H14F5N5O2S/c22-18(23)12-8-11(10-4-2-1-3-5-10)15-16(17(19(27)33)34-20(15)28-12)29-14(32)9-31-7-6-13(30-31)21(24,25)26/h1-8,18H,9H2,(H2,27,33)(H,29,32). The molecule has 176 valence electrons. The summed E-state index contributed by atoms with van der Waals surface area (Å²) in [7, 11) is 0. The van der Waals surface area contributed by atoms with Crippen LogP contribution < -0.4 is 11.1 Å². The van der Waals surface area contributed by atoms with Gasteiger partial charge in [-0.1, -0.05) is 30.3 Å². The van der Waals surface area contributed by atoms with Gasteiger partial charge < -0.3 is 11.1 Å². The maximum Gasteiger partial charge on any atom is 0.435 e. The van der Waals surface area contributed by atoms with Crippen LogP contribution in [-0.2, 0) is 17.5 Å². The fourth-order valence-corrected chi connectivity index (χ4v) is 4.31. The van der Waals surface area contributed by atoms with Crippen molar-refractivity contribution in [3.63, 3.8) is 0 Å². The lowest BCUT2D eigenvalue weighted by atomic mass is 10.0. The number of carbonyl (C=O) groups is 2. The minimum Gasteiger partial charge on any atom is -0.365 e. The van der Waals surface area contributed by atoms with Gasteiger partial charge in [0.15, 0.2) is 5.69 Å². The van der Waals surface area contributed by atoms with Gasteiger partial charge in [0.1, 0.15) is 21.9 Å². The van der Waals surface area contributed by atoms with Gasteiger partial charge in [0.25, 0.3) is 12.3 Å². The third-order valence-electron chi connectivity index (χ3n) is 4.72. The third-order valence-corrected chi connectivity index (χ3v) is 5.81. The molecule has 1 aromatic carbocycles. The van der Waals surface area contributed by atoms with Crippen LogP contribution in [0.2, 0.25) is 0 Å². The van der Waals surface area contributed by atoms with Crippen LogP contribution in [0, 0.1) is 0 Å². The van der Waals surface area contributed by atoms with Gasteiger partial charge in [-0.3, -0.25) is 14.3 Å². The van der Waals surface area contributed by atoms with Crippen LogP contribution in [0.1, 0.15) is 27.5 Å². The zero-order valence-electron chi connectivity index (χ0n) is 16.9. The van der Waals surface area contributed by atoms with Gasteiger partial charge in [-0.25, -0.2) is 13.8 Å². The molecule has 0 bridgehead atoms. The summed E-state index contributed by atoms with van der Waals surface area (Å²) in [6.07, 6.45) is -6.59. The highest BCUT2D eigenvalue weighted by molar-refractivity contribution is 7.21. The number of fused-ring (bicyclic) bond motifs is 1. The van der Waals surface area contributed by atoms with E-state index >= 15 is 0 Å². The first-order valence-corrected chi connectivity index (χ1v) is 10.4. The molecule has 3 N–H and O–H groups in total. The number of nitrogens with two attached hydrogens (primary N) is 1. The van der Waals surface area contributed by atoms with Crippen molar-refractivity contribution in [2.24, 2.45) is 5.73 Å². The molecule has 0 aliphatic rings. The minimum absolute atomic E-state index is 0.0409. The molecule has 7 nitrogen and oxygen atoms in total. The monoisotopic (exact) mass is 495 g/mol. The van der Waals surface area contributed by atoms with E-state index in [9.17, 15) is 31.5 Å². The third kappa shape index (κ3) is 4.59. The molecule has 0 aliphatic carbocycles. The maximum atomic E-state index is 13.5. The number of carbonyl (C=O) groups excluding carboxylic acids is 2. The van der Waals surface area contributed by atoms with E-state index in [1.165, 1.54) is 0 Å². The Morgan fingerprint density at radius 1 is 1.15 bits per heavy atom. The van der Waals surface area contributed by atoms with Gasteiger partial charge in [0, 0.05) is 11.6 Å². The number of benzene rings is 1. The summed E-state index contributed by atoms with van der Waals surface area (Å²) in [6, 6.07) is 10.3. The van der Waals surface area contributed by atoms with Gasteiger partial charge >= 0.3 is 6.18 Å². The number of amides is 2. The van der Waals surface area contributed by atoms with E-state index in [-0.39, 0.29) is 26.3 Å². The zero-order chi connectivity index (χ0) is 24.6. The van der Waals surface area contributed by atoms with Crippen molar-refractivity contribution in [3.05, 3.63) is 64.9 Å². The van der Waals surface area contributed by atoms with Gasteiger partial charge in [0.05, 0.1) is 5.69 Å². The summed E-state index contributed by atoms with van der Waals surface area (Å²) in [5.74, 6) is -1.75. The molecule has 3 aromatic heterocycles. The minimum atomic E-state index is -4.68. The number of pyridine rings is 1. The molecule has 2 amide bonds. The number of nitrogens with zero attached hydrogens (tertiary/aromatic N) is 3. The molecule has 4 rings (SSSR count). The van der Waals surface area contributed by atoms with Gasteiger partial charge in [-0.15, -0.1) is 11.3 Å². The summed E-state index contributed by atoms with van der Waals surface area (Å²) in [5, 5.41) is 5.99. The average Bonchev–Trinajstić information content (AvgIpc) is 3.39. The number of anilines is 1. The summed E-state index contributed by atoms with van der Waals surface area (Å²) in [4.78, 5) is 28.5. The molecule has 0 radical (unpaired) electrons. The Morgan fingerprint density at radius 3 is 2.44 bits per heavy atom. The molecule has 0 aliphatic heterocycles. The molecular weight excluding hydrogens is 481 g/mol. The Bertz CT molecular complexity index is 1380. The van der Waals surface area contributed by atoms with Crippen LogP contribution in [0.5, 0.6) is 0 Å². The predicted molar refractivity (Wildman–Crippen MR) is 114 cm³/mol. The smallest absolute Gasteiger partial charge is 0.365 e. The molecule has 0 unspecified atom stereocenters. The summed E-state index contributed by atoms with van der Waals surface area (Å²) < 4.78 is 66.1. The number of thiophene rings is 1. The van der Waals surface area contributed by atoms with Crippen molar-refractivity contribution in [1.29, 1.82) is 0 Å². The second-order valence-electron chi connectivity index (χ2n) is 7.06. The Hall–Kier alpha value is -3.87. The zero-order valence-corrected chi connectivity index (χ0v) is 17.8. The first-order valence-electron chi connectivity index (χ1n) is 9.56. The fraction of sp³-hybridized carbons (Fsp3) is 0.143. The fourth-order valence-electron chi connectivity index (χ4n) is 3.29. The van der Waals surface area contributed by atoms with E-state index in [0.29, 0.717) is 11.6 Å². The number of rotatable bonds is 6. The van der Waals surface area contributed by atoms with Crippen molar-refractivity contribution >= 4 is 39.1 Å². The highest BCUT2D eigenvalue weighted by Gasteiger charge is 2.33. The first-order chi connectivity index (χ1) is 16.0. The normalized spacial score (nSPS) is 11.8. The second kappa shape index (κ2) is 8.82. The lowest BCUT2D eigenvalue weighted by molar-refractivity contribution is -0.141. The Morgan fingerprint density at radius 2 is 1.85 bits per heavy atom. The number of primary amides is 1. The highest BCUT2D eigenvalue weighted by Crippen LogP contribution is 2.42. The van der Waals surface area contributed by atoms with E-state index < -0.39 is 42.3 Å². The average molecular weight is 495 g/mol. The molecule has 4 aromatic rings. The van der Waals surface area contributed by atoms with E-state index in [1.54, 1.807) is 30.3 Å². The topological polar surface area (TPSA) is 103 Å². The quantitative estimate of drug-likeness (QED) is 0.373. The number of hydrogen-bond donors (Lipinski definition) is 2. The first kappa shape index (κ1) is 23.3. The van der Waals surface area contributed by atoms with Crippen molar-refractivity contribution in [3.8, 4) is 11.1 Å². The van der Waals surface area contributed by atoms with Crippen molar-refractivity contribution in [2.45, 2.75) is 19.1 Å². The molecule has 3 heterocycles. The molecule has 0 saturated heterocycles. The van der Waals surface area contributed by atoms with Crippen molar-refractivity contribution < 1.29 is 31.5 Å². The lowest BCUT2D eigenvalue weighted by Gasteiger charge is -2.11. The summed E-state index contributed by atoms with van der Waals surface area (Å²) >= 11 is 0.723. The van der Waals surface area contributed by atoms with Crippen molar-refractivity contribution in [1.82, 2.24) is 14.8 Å². The van der Waals surface area contributed by atoms with Gasteiger partial charge in [-0.05, 0) is 23.3 Å². The number of aromatic nitrogens is 3. The Kier molecular flexibility index (Phi) is 6.04. The Balaban J connectivity index is 1.79. The van der Waals surface area contributed by atoms with E-state index in [4.69, 9.17) is 5.73 Å². The van der Waals surface area contributed by atoms with Crippen LogP contribution in [-0.4, -0.2) is 26.6 Å². The van der Waals surface area contributed by atoms with Crippen LogP contribution >= 0.6 is 11.3 Å². The van der Waals surface area contributed by atoms with Gasteiger partial charge in [-0.2, -0.15) is 18.3 Å².